The summed E-state index contributed by atoms with van der Waals surface area (Å²) < 4.78 is 10.7. The van der Waals surface area contributed by atoms with Crippen LogP contribution >= 0.6 is 0 Å². The largest absolute Gasteiger partial charge is 0.497 e. The summed E-state index contributed by atoms with van der Waals surface area (Å²) in [5, 5.41) is 5.95. The van der Waals surface area contributed by atoms with Crippen LogP contribution in [0.25, 0.3) is 0 Å². The molecule has 0 saturated carbocycles. The Labute approximate surface area is 99.1 Å². The van der Waals surface area contributed by atoms with Gasteiger partial charge in [0.15, 0.2) is 5.60 Å². The average molecular weight is 234 g/mol. The molecule has 2 heterocycles. The molecule has 0 bridgehead atoms. The normalized spacial score (nSPS) is 26.3. The number of hydrogen-bond donors (Lipinski definition) is 2. The first-order valence-electron chi connectivity index (χ1n) is 5.63. The molecule has 1 fully saturated rings. The van der Waals surface area contributed by atoms with E-state index in [9.17, 15) is 4.79 Å². The first-order valence-corrected chi connectivity index (χ1v) is 5.63. The van der Waals surface area contributed by atoms with E-state index >= 15 is 0 Å². The Bertz CT molecular complexity index is 467. The van der Waals surface area contributed by atoms with Gasteiger partial charge in [-0.2, -0.15) is 0 Å². The lowest BCUT2D eigenvalue weighted by atomic mass is 9.90. The van der Waals surface area contributed by atoms with Gasteiger partial charge in [-0.1, -0.05) is 0 Å². The highest BCUT2D eigenvalue weighted by Gasteiger charge is 2.44. The van der Waals surface area contributed by atoms with Crippen LogP contribution in [-0.4, -0.2) is 26.3 Å². The van der Waals surface area contributed by atoms with Crippen molar-refractivity contribution in [1.29, 1.82) is 0 Å². The second-order valence-corrected chi connectivity index (χ2v) is 4.35. The highest BCUT2D eigenvalue weighted by atomic mass is 16.6. The number of anilines is 1. The van der Waals surface area contributed by atoms with Crippen LogP contribution in [0.5, 0.6) is 5.75 Å². The van der Waals surface area contributed by atoms with E-state index in [2.05, 4.69) is 10.6 Å². The molecule has 2 aliphatic heterocycles. The summed E-state index contributed by atoms with van der Waals surface area (Å²) in [7, 11) is 1.63. The van der Waals surface area contributed by atoms with Crippen molar-refractivity contribution in [1.82, 2.24) is 5.32 Å². The fraction of sp³-hybridized carbons (Fsp3) is 0.417. The highest BCUT2D eigenvalue weighted by molar-refractivity contribution is 5.89. The molecule has 1 aromatic rings. The first-order chi connectivity index (χ1) is 8.23. The van der Waals surface area contributed by atoms with E-state index in [4.69, 9.17) is 9.47 Å². The molecular weight excluding hydrogens is 220 g/mol. The molecule has 2 aliphatic rings. The number of methoxy groups -OCH3 is 1. The zero-order chi connectivity index (χ0) is 11.9. The maximum atomic E-state index is 11.5. The van der Waals surface area contributed by atoms with E-state index in [1.54, 1.807) is 7.11 Å². The number of hydrogen-bond acceptors (Lipinski definition) is 4. The highest BCUT2D eigenvalue weighted by Crippen LogP contribution is 2.41. The molecule has 0 radical (unpaired) electrons. The lowest BCUT2D eigenvalue weighted by Crippen LogP contribution is -2.41. The summed E-state index contributed by atoms with van der Waals surface area (Å²) >= 11 is 0. The lowest BCUT2D eigenvalue weighted by Gasteiger charge is -2.34. The van der Waals surface area contributed by atoms with Gasteiger partial charge in [-0.3, -0.25) is 5.32 Å². The van der Waals surface area contributed by atoms with Crippen molar-refractivity contribution < 1.29 is 14.3 Å². The minimum Gasteiger partial charge on any atom is -0.497 e. The van der Waals surface area contributed by atoms with Gasteiger partial charge in [0.05, 0.1) is 12.8 Å². The van der Waals surface area contributed by atoms with Crippen molar-refractivity contribution in [3.05, 3.63) is 23.8 Å². The zero-order valence-electron chi connectivity index (χ0n) is 9.58. The molecule has 90 valence electrons. The van der Waals surface area contributed by atoms with Crippen LogP contribution in [0.2, 0.25) is 0 Å². The SMILES string of the molecule is COc1ccc2c(c1)C1(CCNC1)OC(=O)N2. The number of benzene rings is 1. The topological polar surface area (TPSA) is 59.6 Å². The number of nitrogens with one attached hydrogen (secondary N) is 2. The van der Waals surface area contributed by atoms with Crippen LogP contribution < -0.4 is 15.4 Å². The van der Waals surface area contributed by atoms with Gasteiger partial charge in [-0.25, -0.2) is 4.79 Å². The number of amides is 1. The van der Waals surface area contributed by atoms with E-state index in [-0.39, 0.29) is 6.09 Å². The number of rotatable bonds is 1. The van der Waals surface area contributed by atoms with Crippen molar-refractivity contribution in [3.8, 4) is 5.75 Å². The van der Waals surface area contributed by atoms with Crippen molar-refractivity contribution in [3.63, 3.8) is 0 Å². The summed E-state index contributed by atoms with van der Waals surface area (Å²) in [6, 6.07) is 5.62. The van der Waals surface area contributed by atoms with E-state index in [0.29, 0.717) is 6.54 Å². The summed E-state index contributed by atoms with van der Waals surface area (Å²) in [6.45, 7) is 1.50. The van der Waals surface area contributed by atoms with Crippen LogP contribution in [-0.2, 0) is 10.3 Å². The van der Waals surface area contributed by atoms with Gasteiger partial charge >= 0.3 is 6.09 Å². The fourth-order valence-corrected chi connectivity index (χ4v) is 2.49. The summed E-state index contributed by atoms with van der Waals surface area (Å²) in [6.07, 6.45) is 0.409. The predicted octanol–water partition coefficient (Wildman–Crippen LogP) is 1.45. The summed E-state index contributed by atoms with van der Waals surface area (Å²) in [5.41, 5.74) is 1.26. The second kappa shape index (κ2) is 3.63. The molecule has 3 rings (SSSR count). The van der Waals surface area contributed by atoms with Gasteiger partial charge in [-0.05, 0) is 24.7 Å². The Kier molecular flexibility index (Phi) is 2.22. The molecule has 1 atom stereocenters. The average Bonchev–Trinajstić information content (AvgIpc) is 2.78. The van der Waals surface area contributed by atoms with Gasteiger partial charge in [0.2, 0.25) is 0 Å². The van der Waals surface area contributed by atoms with Gasteiger partial charge < -0.3 is 14.8 Å². The number of carbonyl (C=O) groups is 1. The Morgan fingerprint density at radius 3 is 3.06 bits per heavy atom. The molecule has 1 saturated heterocycles. The zero-order valence-corrected chi connectivity index (χ0v) is 9.58. The second-order valence-electron chi connectivity index (χ2n) is 4.35. The number of ether oxygens (including phenoxy) is 2. The third kappa shape index (κ3) is 1.54. The Morgan fingerprint density at radius 1 is 1.47 bits per heavy atom. The molecule has 1 aromatic carbocycles. The van der Waals surface area contributed by atoms with Gasteiger partial charge in [-0.15, -0.1) is 0 Å². The summed E-state index contributed by atoms with van der Waals surface area (Å²) in [4.78, 5) is 11.5. The van der Waals surface area contributed by atoms with Gasteiger partial charge in [0, 0.05) is 18.5 Å². The van der Waals surface area contributed by atoms with E-state index in [0.717, 1.165) is 30.0 Å². The molecule has 1 spiro atoms. The quantitative estimate of drug-likeness (QED) is 0.772. The van der Waals surface area contributed by atoms with E-state index in [1.165, 1.54) is 0 Å². The number of carbonyl (C=O) groups excluding carboxylic acids is 1. The van der Waals surface area contributed by atoms with Crippen molar-refractivity contribution in [2.24, 2.45) is 0 Å². The molecule has 2 N–H and O–H groups in total. The lowest BCUT2D eigenvalue weighted by molar-refractivity contribution is 0.0276. The third-order valence-corrected chi connectivity index (χ3v) is 3.36. The fourth-order valence-electron chi connectivity index (χ4n) is 2.49. The molecule has 5 heteroatoms. The predicted molar refractivity (Wildman–Crippen MR) is 62.3 cm³/mol. The standard InChI is InChI=1S/C12H14N2O3/c1-16-8-2-3-10-9(6-8)12(4-5-13-7-12)17-11(15)14-10/h2-3,6,13H,4-5,7H2,1H3,(H,14,15). The minimum atomic E-state index is -0.536. The van der Waals surface area contributed by atoms with Crippen molar-refractivity contribution in [2.45, 2.75) is 12.0 Å². The van der Waals surface area contributed by atoms with Gasteiger partial charge in [0.25, 0.3) is 0 Å². The van der Waals surface area contributed by atoms with Gasteiger partial charge in [0.1, 0.15) is 5.75 Å². The Balaban J connectivity index is 2.12. The van der Waals surface area contributed by atoms with Crippen LogP contribution in [0.15, 0.2) is 18.2 Å². The maximum absolute atomic E-state index is 11.5. The van der Waals surface area contributed by atoms with Crippen LogP contribution in [0, 0.1) is 0 Å². The van der Waals surface area contributed by atoms with Crippen molar-refractivity contribution >= 4 is 11.8 Å². The molecule has 5 nitrogen and oxygen atoms in total. The first kappa shape index (κ1) is 10.4. The Hall–Kier alpha value is -1.75. The molecule has 17 heavy (non-hydrogen) atoms. The maximum Gasteiger partial charge on any atom is 0.412 e. The minimum absolute atomic E-state index is 0.383. The molecular formula is C12H14N2O3. The summed E-state index contributed by atoms with van der Waals surface area (Å²) in [5.74, 6) is 0.773. The van der Waals surface area contributed by atoms with E-state index in [1.807, 2.05) is 18.2 Å². The van der Waals surface area contributed by atoms with Crippen LogP contribution in [0.4, 0.5) is 10.5 Å². The molecule has 1 unspecified atom stereocenters. The van der Waals surface area contributed by atoms with Crippen LogP contribution in [0.1, 0.15) is 12.0 Å². The molecule has 0 aliphatic carbocycles. The van der Waals surface area contributed by atoms with E-state index < -0.39 is 5.60 Å². The molecule has 1 amide bonds. The van der Waals surface area contributed by atoms with Crippen molar-refractivity contribution in [2.75, 3.05) is 25.5 Å². The van der Waals surface area contributed by atoms with Crippen LogP contribution in [0.3, 0.4) is 0 Å². The smallest absolute Gasteiger partial charge is 0.412 e. The monoisotopic (exact) mass is 234 g/mol. The Morgan fingerprint density at radius 2 is 2.35 bits per heavy atom. The molecule has 0 aromatic heterocycles. The number of fused-ring (bicyclic) bond motifs is 2. The third-order valence-electron chi connectivity index (χ3n) is 3.36.